The third-order valence-corrected chi connectivity index (χ3v) is 4.76. The molecule has 136 valence electrons. The summed E-state index contributed by atoms with van der Waals surface area (Å²) in [6.07, 6.45) is 1.19. The Morgan fingerprint density at radius 1 is 1.27 bits per heavy atom. The highest BCUT2D eigenvalue weighted by atomic mass is 32.2. The molecule has 0 spiro atoms. The fourth-order valence-electron chi connectivity index (χ4n) is 2.55. The van der Waals surface area contributed by atoms with Crippen LogP contribution in [-0.4, -0.2) is 47.9 Å². The third kappa shape index (κ3) is 4.70. The molecule has 1 amide bonds. The summed E-state index contributed by atoms with van der Waals surface area (Å²) in [6.45, 7) is 2.91. The molecule has 9 heteroatoms. The standard InChI is InChI=1S/C17H18N4O4S/c22-16(12-26-17-6-5-13(11-18-17)21(23)24)19-14-3-1-2-4-15(14)20-7-9-25-10-8-20/h1-6,11H,7-10,12H2,(H,19,22). The maximum Gasteiger partial charge on any atom is 0.287 e. The number of pyridine rings is 1. The second kappa shape index (κ2) is 8.63. The molecule has 0 atom stereocenters. The first-order chi connectivity index (χ1) is 12.6. The Morgan fingerprint density at radius 2 is 2.04 bits per heavy atom. The van der Waals surface area contributed by atoms with Crippen LogP contribution in [0.1, 0.15) is 0 Å². The Kier molecular flexibility index (Phi) is 6.03. The maximum atomic E-state index is 12.3. The molecule has 2 heterocycles. The number of morpholine rings is 1. The van der Waals surface area contributed by atoms with Crippen LogP contribution in [-0.2, 0) is 9.53 Å². The number of rotatable bonds is 6. The van der Waals surface area contributed by atoms with Gasteiger partial charge in [-0.25, -0.2) is 4.98 Å². The lowest BCUT2D eigenvalue weighted by molar-refractivity contribution is -0.385. The Bertz CT molecular complexity index is 779. The van der Waals surface area contributed by atoms with Crippen LogP contribution in [0.5, 0.6) is 0 Å². The van der Waals surface area contributed by atoms with Gasteiger partial charge in [0, 0.05) is 19.2 Å². The van der Waals surface area contributed by atoms with E-state index in [0.29, 0.717) is 18.2 Å². The van der Waals surface area contributed by atoms with Crippen LogP contribution in [0.3, 0.4) is 0 Å². The molecule has 1 N–H and O–H groups in total. The number of nitrogens with one attached hydrogen (secondary N) is 1. The van der Waals surface area contributed by atoms with E-state index in [2.05, 4.69) is 15.2 Å². The number of nitro groups is 1. The summed E-state index contributed by atoms with van der Waals surface area (Å²) in [5.41, 5.74) is 1.66. The van der Waals surface area contributed by atoms with Crippen molar-refractivity contribution in [2.45, 2.75) is 5.03 Å². The Morgan fingerprint density at radius 3 is 2.73 bits per heavy atom. The van der Waals surface area contributed by atoms with Crippen molar-refractivity contribution in [1.82, 2.24) is 4.98 Å². The molecule has 2 aromatic rings. The number of amides is 1. The summed E-state index contributed by atoms with van der Waals surface area (Å²) in [7, 11) is 0. The van der Waals surface area contributed by atoms with Gasteiger partial charge in [-0.15, -0.1) is 0 Å². The van der Waals surface area contributed by atoms with E-state index < -0.39 is 4.92 Å². The van der Waals surface area contributed by atoms with E-state index in [1.165, 1.54) is 30.1 Å². The van der Waals surface area contributed by atoms with E-state index in [4.69, 9.17) is 4.74 Å². The van der Waals surface area contributed by atoms with Gasteiger partial charge in [0.15, 0.2) is 0 Å². The number of nitrogens with zero attached hydrogens (tertiary/aromatic N) is 3. The average molecular weight is 374 g/mol. The predicted octanol–water partition coefficient (Wildman–Crippen LogP) is 2.56. The smallest absolute Gasteiger partial charge is 0.287 e. The van der Waals surface area contributed by atoms with E-state index in [9.17, 15) is 14.9 Å². The molecular formula is C17H18N4O4S. The average Bonchev–Trinajstić information content (AvgIpc) is 2.68. The van der Waals surface area contributed by atoms with Gasteiger partial charge < -0.3 is 15.0 Å². The molecular weight excluding hydrogens is 356 g/mol. The molecule has 26 heavy (non-hydrogen) atoms. The van der Waals surface area contributed by atoms with E-state index >= 15 is 0 Å². The minimum Gasteiger partial charge on any atom is -0.378 e. The van der Waals surface area contributed by atoms with E-state index in [0.717, 1.165) is 24.5 Å². The van der Waals surface area contributed by atoms with Crippen molar-refractivity contribution in [3.63, 3.8) is 0 Å². The largest absolute Gasteiger partial charge is 0.378 e. The number of thioether (sulfide) groups is 1. The van der Waals surface area contributed by atoms with Gasteiger partial charge in [-0.2, -0.15) is 0 Å². The van der Waals surface area contributed by atoms with Gasteiger partial charge in [0.1, 0.15) is 6.20 Å². The van der Waals surface area contributed by atoms with E-state index in [-0.39, 0.29) is 17.3 Å². The van der Waals surface area contributed by atoms with Crippen LogP contribution in [0.2, 0.25) is 0 Å². The monoisotopic (exact) mass is 374 g/mol. The zero-order chi connectivity index (χ0) is 18.4. The molecule has 1 aliphatic heterocycles. The van der Waals surface area contributed by atoms with Gasteiger partial charge in [-0.3, -0.25) is 14.9 Å². The van der Waals surface area contributed by atoms with Crippen LogP contribution in [0.15, 0.2) is 47.6 Å². The van der Waals surface area contributed by atoms with Crippen molar-refractivity contribution in [3.8, 4) is 0 Å². The molecule has 8 nitrogen and oxygen atoms in total. The zero-order valence-electron chi connectivity index (χ0n) is 14.0. The van der Waals surface area contributed by atoms with E-state index in [1.807, 2.05) is 24.3 Å². The Balaban J connectivity index is 1.59. The normalized spacial score (nSPS) is 14.1. The summed E-state index contributed by atoms with van der Waals surface area (Å²) in [5.74, 6) is 0.0123. The molecule has 1 saturated heterocycles. The van der Waals surface area contributed by atoms with Crippen molar-refractivity contribution in [3.05, 3.63) is 52.7 Å². The van der Waals surface area contributed by atoms with Crippen LogP contribution in [0.4, 0.5) is 17.1 Å². The number of para-hydroxylation sites is 2. The minimum absolute atomic E-state index is 0.0711. The van der Waals surface area contributed by atoms with Gasteiger partial charge in [0.2, 0.25) is 5.91 Å². The SMILES string of the molecule is O=C(CSc1ccc([N+](=O)[O-])cn1)Nc1ccccc1N1CCOCC1. The second-order valence-corrected chi connectivity index (χ2v) is 6.56. The van der Waals surface area contributed by atoms with Gasteiger partial charge in [-0.05, 0) is 18.2 Å². The lowest BCUT2D eigenvalue weighted by Gasteiger charge is -2.30. The summed E-state index contributed by atoms with van der Waals surface area (Å²) < 4.78 is 5.37. The molecule has 0 saturated carbocycles. The highest BCUT2D eigenvalue weighted by Crippen LogP contribution is 2.27. The van der Waals surface area contributed by atoms with Crippen molar-refractivity contribution >= 4 is 34.7 Å². The quantitative estimate of drug-likeness (QED) is 0.471. The first-order valence-electron chi connectivity index (χ1n) is 8.08. The molecule has 0 radical (unpaired) electrons. The first-order valence-corrected chi connectivity index (χ1v) is 9.07. The van der Waals surface area contributed by atoms with Crippen LogP contribution in [0.25, 0.3) is 0 Å². The number of ether oxygens (including phenoxy) is 1. The maximum absolute atomic E-state index is 12.3. The number of aromatic nitrogens is 1. The molecule has 0 unspecified atom stereocenters. The molecule has 3 rings (SSSR count). The minimum atomic E-state index is -0.503. The van der Waals surface area contributed by atoms with Crippen molar-refractivity contribution in [2.24, 2.45) is 0 Å². The van der Waals surface area contributed by atoms with Crippen molar-refractivity contribution in [1.29, 1.82) is 0 Å². The zero-order valence-corrected chi connectivity index (χ0v) is 14.8. The lowest BCUT2D eigenvalue weighted by atomic mass is 10.2. The summed E-state index contributed by atoms with van der Waals surface area (Å²) in [5, 5.41) is 14.1. The number of carbonyl (C=O) groups is 1. The number of anilines is 2. The van der Waals surface area contributed by atoms with Gasteiger partial charge >= 0.3 is 0 Å². The molecule has 1 aliphatic rings. The van der Waals surface area contributed by atoms with Gasteiger partial charge in [0.05, 0.1) is 40.3 Å². The highest BCUT2D eigenvalue weighted by molar-refractivity contribution is 7.99. The fourth-order valence-corrected chi connectivity index (χ4v) is 3.19. The topological polar surface area (TPSA) is 97.6 Å². The summed E-state index contributed by atoms with van der Waals surface area (Å²) >= 11 is 1.23. The Hall–Kier alpha value is -2.65. The molecule has 1 fully saturated rings. The predicted molar refractivity (Wildman–Crippen MR) is 99.7 cm³/mol. The van der Waals surface area contributed by atoms with Crippen LogP contribution < -0.4 is 10.2 Å². The number of carbonyl (C=O) groups excluding carboxylic acids is 1. The van der Waals surface area contributed by atoms with Crippen molar-refractivity contribution < 1.29 is 14.5 Å². The fraction of sp³-hybridized carbons (Fsp3) is 0.294. The third-order valence-electron chi connectivity index (χ3n) is 3.81. The number of hydrogen-bond acceptors (Lipinski definition) is 7. The van der Waals surface area contributed by atoms with Gasteiger partial charge in [0.25, 0.3) is 5.69 Å². The highest BCUT2D eigenvalue weighted by Gasteiger charge is 2.16. The summed E-state index contributed by atoms with van der Waals surface area (Å²) in [6, 6.07) is 10.6. The van der Waals surface area contributed by atoms with Crippen LogP contribution >= 0.6 is 11.8 Å². The Labute approximate surface area is 154 Å². The first kappa shape index (κ1) is 18.2. The summed E-state index contributed by atoms with van der Waals surface area (Å²) in [4.78, 5) is 28.6. The number of benzene rings is 1. The molecule has 0 bridgehead atoms. The molecule has 1 aromatic heterocycles. The lowest BCUT2D eigenvalue weighted by Crippen LogP contribution is -2.36. The van der Waals surface area contributed by atoms with Crippen LogP contribution in [0, 0.1) is 10.1 Å². The second-order valence-electron chi connectivity index (χ2n) is 5.57. The number of hydrogen-bond donors (Lipinski definition) is 1. The van der Waals surface area contributed by atoms with Gasteiger partial charge in [-0.1, -0.05) is 23.9 Å². The molecule has 1 aromatic carbocycles. The van der Waals surface area contributed by atoms with E-state index in [1.54, 1.807) is 0 Å². The molecule has 0 aliphatic carbocycles. The van der Waals surface area contributed by atoms with Crippen molar-refractivity contribution in [2.75, 3.05) is 42.3 Å².